The predicted molar refractivity (Wildman–Crippen MR) is 34.8 cm³/mol. The average Bonchev–Trinajstić information content (AvgIpc) is 1.69. The van der Waals surface area contributed by atoms with Gasteiger partial charge in [-0.05, 0) is 12.8 Å². The van der Waals surface area contributed by atoms with Crippen molar-refractivity contribution in [1.29, 1.82) is 0 Å². The zero-order valence-electron chi connectivity index (χ0n) is 3.96. The molecule has 2 heteroatoms. The maximum absolute atomic E-state index is 4.11. The van der Waals surface area contributed by atoms with Crippen molar-refractivity contribution in [2.45, 2.75) is 12.8 Å². The van der Waals surface area contributed by atoms with Crippen molar-refractivity contribution in [2.75, 3.05) is 0 Å². The third kappa shape index (κ3) is 1.35. The Labute approximate surface area is 48.6 Å². The van der Waals surface area contributed by atoms with Crippen molar-refractivity contribution >= 4 is 18.8 Å². The summed E-state index contributed by atoms with van der Waals surface area (Å²) in [6, 6.07) is 0. The number of hydrogen-bond donors (Lipinski definition) is 1. The van der Waals surface area contributed by atoms with Gasteiger partial charge in [0.05, 0.1) is 0 Å². The standard InChI is InChI=1S/C5H7NS/c7-5-2-1-3-6-4-5/h3-4,7H,1-2H2. The van der Waals surface area contributed by atoms with E-state index in [9.17, 15) is 0 Å². The van der Waals surface area contributed by atoms with Crippen LogP contribution < -0.4 is 0 Å². The monoisotopic (exact) mass is 113 g/mol. The molecule has 1 nitrogen and oxygen atoms in total. The van der Waals surface area contributed by atoms with Crippen molar-refractivity contribution in [2.24, 2.45) is 4.99 Å². The van der Waals surface area contributed by atoms with Crippen LogP contribution in [0.2, 0.25) is 0 Å². The van der Waals surface area contributed by atoms with Gasteiger partial charge in [0.2, 0.25) is 0 Å². The van der Waals surface area contributed by atoms with Crippen LogP contribution in [0.1, 0.15) is 12.8 Å². The molecule has 0 N–H and O–H groups in total. The number of rotatable bonds is 0. The Kier molecular flexibility index (Phi) is 1.52. The topological polar surface area (TPSA) is 12.4 Å². The lowest BCUT2D eigenvalue weighted by Gasteiger charge is -1.97. The van der Waals surface area contributed by atoms with Gasteiger partial charge in [-0.3, -0.25) is 4.99 Å². The lowest BCUT2D eigenvalue weighted by atomic mass is 10.3. The van der Waals surface area contributed by atoms with Crippen molar-refractivity contribution in [3.8, 4) is 0 Å². The van der Waals surface area contributed by atoms with Gasteiger partial charge < -0.3 is 0 Å². The highest BCUT2D eigenvalue weighted by atomic mass is 32.1. The van der Waals surface area contributed by atoms with E-state index in [0.29, 0.717) is 0 Å². The molecule has 0 aromatic heterocycles. The summed E-state index contributed by atoms with van der Waals surface area (Å²) in [6.07, 6.45) is 5.80. The lowest BCUT2D eigenvalue weighted by molar-refractivity contribution is 1.07. The first kappa shape index (κ1) is 4.91. The number of thiol groups is 1. The first-order valence-electron chi connectivity index (χ1n) is 2.29. The van der Waals surface area contributed by atoms with Gasteiger partial charge in [-0.25, -0.2) is 0 Å². The Morgan fingerprint density at radius 1 is 1.71 bits per heavy atom. The van der Waals surface area contributed by atoms with Gasteiger partial charge in [0, 0.05) is 17.3 Å². The van der Waals surface area contributed by atoms with Crippen molar-refractivity contribution in [3.63, 3.8) is 0 Å². The molecule has 0 radical (unpaired) electrons. The molecule has 0 amide bonds. The Bertz CT molecular complexity index is 115. The molecule has 0 unspecified atom stereocenters. The molecule has 0 aliphatic carbocycles. The summed E-state index contributed by atoms with van der Waals surface area (Å²) in [4.78, 5) is 4.98. The Balaban J connectivity index is 2.57. The fraction of sp³-hybridized carbons (Fsp3) is 0.400. The molecule has 0 bridgehead atoms. The summed E-state index contributed by atoms with van der Waals surface area (Å²) in [5.41, 5.74) is 0. The van der Waals surface area contributed by atoms with Crippen LogP contribution in [0, 0.1) is 0 Å². The molecule has 7 heavy (non-hydrogen) atoms. The van der Waals surface area contributed by atoms with Gasteiger partial charge in [-0.1, -0.05) is 0 Å². The molecule has 1 rings (SSSR count). The van der Waals surface area contributed by atoms with E-state index >= 15 is 0 Å². The third-order valence-corrected chi connectivity index (χ3v) is 1.20. The first-order chi connectivity index (χ1) is 3.39. The first-order valence-corrected chi connectivity index (χ1v) is 2.74. The van der Waals surface area contributed by atoms with Crippen molar-refractivity contribution in [1.82, 2.24) is 0 Å². The van der Waals surface area contributed by atoms with Gasteiger partial charge in [0.25, 0.3) is 0 Å². The van der Waals surface area contributed by atoms with Gasteiger partial charge >= 0.3 is 0 Å². The second-order valence-corrected chi connectivity index (χ2v) is 2.07. The Morgan fingerprint density at radius 2 is 2.57 bits per heavy atom. The fourth-order valence-corrected chi connectivity index (χ4v) is 0.686. The number of aliphatic imine (C=N–C) groups is 1. The van der Waals surface area contributed by atoms with Crippen LogP contribution in [0.5, 0.6) is 0 Å². The van der Waals surface area contributed by atoms with Gasteiger partial charge in [-0.15, -0.1) is 12.6 Å². The van der Waals surface area contributed by atoms with Crippen LogP contribution in [0.4, 0.5) is 0 Å². The Morgan fingerprint density at radius 3 is 2.86 bits per heavy atom. The predicted octanol–water partition coefficient (Wildman–Crippen LogP) is 1.62. The molecule has 1 aliphatic heterocycles. The quantitative estimate of drug-likeness (QED) is 0.458. The summed E-state index contributed by atoms with van der Waals surface area (Å²) in [5, 5.41) is 0. The van der Waals surface area contributed by atoms with Gasteiger partial charge in [-0.2, -0.15) is 0 Å². The SMILES string of the molecule is SC1=CN=CCC1. The largest absolute Gasteiger partial charge is 0.268 e. The highest BCUT2D eigenvalue weighted by Crippen LogP contribution is 2.10. The van der Waals surface area contributed by atoms with Crippen LogP contribution in [0.25, 0.3) is 0 Å². The summed E-state index contributed by atoms with van der Waals surface area (Å²) >= 11 is 4.11. The van der Waals surface area contributed by atoms with Crippen molar-refractivity contribution < 1.29 is 0 Å². The fourth-order valence-electron chi connectivity index (χ4n) is 0.490. The normalized spacial score (nSPS) is 19.3. The smallest absolute Gasteiger partial charge is 0.0356 e. The minimum atomic E-state index is 1.05. The highest BCUT2D eigenvalue weighted by Gasteiger charge is 1.90. The molecule has 38 valence electrons. The zero-order chi connectivity index (χ0) is 5.11. The molecular weight excluding hydrogens is 106 g/mol. The average molecular weight is 113 g/mol. The minimum absolute atomic E-state index is 1.05. The Hall–Kier alpha value is -0.240. The van der Waals surface area contributed by atoms with Crippen LogP contribution in [0.15, 0.2) is 16.1 Å². The van der Waals surface area contributed by atoms with Crippen LogP contribution in [-0.4, -0.2) is 6.21 Å². The zero-order valence-corrected chi connectivity index (χ0v) is 4.86. The molecule has 0 aromatic carbocycles. The molecular formula is C5H7NS. The number of allylic oxidation sites excluding steroid dienone is 1. The van der Waals surface area contributed by atoms with E-state index < -0.39 is 0 Å². The minimum Gasteiger partial charge on any atom is -0.268 e. The summed E-state index contributed by atoms with van der Waals surface area (Å²) in [7, 11) is 0. The second-order valence-electron chi connectivity index (χ2n) is 1.49. The maximum Gasteiger partial charge on any atom is 0.0356 e. The molecule has 0 spiro atoms. The summed E-state index contributed by atoms with van der Waals surface area (Å²) < 4.78 is 0. The lowest BCUT2D eigenvalue weighted by Crippen LogP contribution is -1.81. The summed E-state index contributed by atoms with van der Waals surface area (Å²) in [6.45, 7) is 0. The van der Waals surface area contributed by atoms with E-state index in [1.165, 1.54) is 0 Å². The molecule has 0 fully saturated rings. The number of hydrogen-bond acceptors (Lipinski definition) is 2. The molecule has 0 aromatic rings. The van der Waals surface area contributed by atoms with Crippen LogP contribution >= 0.6 is 12.6 Å². The van der Waals surface area contributed by atoms with E-state index in [-0.39, 0.29) is 0 Å². The maximum atomic E-state index is 4.11. The molecule has 1 heterocycles. The third-order valence-electron chi connectivity index (χ3n) is 0.859. The van der Waals surface area contributed by atoms with Crippen molar-refractivity contribution in [3.05, 3.63) is 11.1 Å². The molecule has 0 saturated heterocycles. The van der Waals surface area contributed by atoms with E-state index in [1.807, 2.05) is 6.21 Å². The van der Waals surface area contributed by atoms with E-state index in [1.54, 1.807) is 6.20 Å². The number of nitrogens with zero attached hydrogens (tertiary/aromatic N) is 1. The second kappa shape index (κ2) is 2.17. The molecule has 0 atom stereocenters. The van der Waals surface area contributed by atoms with Crippen LogP contribution in [-0.2, 0) is 0 Å². The van der Waals surface area contributed by atoms with Crippen LogP contribution in [0.3, 0.4) is 0 Å². The van der Waals surface area contributed by atoms with Gasteiger partial charge in [0.1, 0.15) is 0 Å². The van der Waals surface area contributed by atoms with E-state index in [4.69, 9.17) is 0 Å². The highest BCUT2D eigenvalue weighted by molar-refractivity contribution is 7.84. The van der Waals surface area contributed by atoms with E-state index in [0.717, 1.165) is 17.7 Å². The molecule has 0 saturated carbocycles. The van der Waals surface area contributed by atoms with Gasteiger partial charge in [0.15, 0.2) is 0 Å². The van der Waals surface area contributed by atoms with E-state index in [2.05, 4.69) is 17.6 Å². The molecule has 1 aliphatic rings. The summed E-state index contributed by atoms with van der Waals surface area (Å²) in [5.74, 6) is 0.